The van der Waals surface area contributed by atoms with Crippen molar-refractivity contribution in [2.75, 3.05) is 23.9 Å². The van der Waals surface area contributed by atoms with E-state index in [1.54, 1.807) is 0 Å². The largest absolute Gasteiger partial charge is 0.491 e. The Kier molecular flexibility index (Phi) is 6.43. The van der Waals surface area contributed by atoms with Crippen LogP contribution in [0.5, 0.6) is 5.75 Å². The van der Waals surface area contributed by atoms with Crippen LogP contribution in [-0.4, -0.2) is 32.9 Å². The fourth-order valence-corrected chi connectivity index (χ4v) is 2.19. The zero-order valence-corrected chi connectivity index (χ0v) is 13.6. The number of amides is 1. The second-order valence-electron chi connectivity index (χ2n) is 4.99. The Morgan fingerprint density at radius 2 is 1.96 bits per heavy atom. The molecule has 0 spiro atoms. The first kappa shape index (κ1) is 19.3. The van der Waals surface area contributed by atoms with Crippen molar-refractivity contribution in [1.29, 1.82) is 0 Å². The van der Waals surface area contributed by atoms with E-state index in [2.05, 4.69) is 5.32 Å². The summed E-state index contributed by atoms with van der Waals surface area (Å²) in [6.45, 7) is 2.10. The van der Waals surface area contributed by atoms with Gasteiger partial charge in [0.25, 0.3) is 0 Å². The number of sulfone groups is 1. The molecule has 0 fully saturated rings. The number of alkyl halides is 3. The minimum atomic E-state index is -4.56. The van der Waals surface area contributed by atoms with E-state index in [1.165, 1.54) is 0 Å². The van der Waals surface area contributed by atoms with Crippen molar-refractivity contribution < 1.29 is 31.1 Å². The molecule has 0 heterocycles. The van der Waals surface area contributed by atoms with Gasteiger partial charge in [-0.15, -0.1) is 0 Å². The molecular weight excluding hydrogens is 335 g/mol. The maximum Gasteiger partial charge on any atom is 0.416 e. The molecule has 5 nitrogen and oxygen atoms in total. The first-order valence-electron chi connectivity index (χ1n) is 6.84. The third kappa shape index (κ3) is 6.89. The number of anilines is 1. The molecule has 0 bridgehead atoms. The summed E-state index contributed by atoms with van der Waals surface area (Å²) < 4.78 is 65.6. The summed E-state index contributed by atoms with van der Waals surface area (Å²) in [7, 11) is -3.34. The highest BCUT2D eigenvalue weighted by atomic mass is 32.2. The van der Waals surface area contributed by atoms with Crippen LogP contribution in [0.1, 0.15) is 25.3 Å². The topological polar surface area (TPSA) is 72.5 Å². The summed E-state index contributed by atoms with van der Waals surface area (Å²) in [5.41, 5.74) is -1.06. The van der Waals surface area contributed by atoms with Crippen LogP contribution in [0.4, 0.5) is 18.9 Å². The molecule has 1 rings (SSSR count). The van der Waals surface area contributed by atoms with Crippen molar-refractivity contribution in [1.82, 2.24) is 0 Å². The van der Waals surface area contributed by atoms with Crippen LogP contribution in [-0.2, 0) is 20.8 Å². The van der Waals surface area contributed by atoms with Gasteiger partial charge in [0.1, 0.15) is 15.6 Å². The maximum absolute atomic E-state index is 12.8. The van der Waals surface area contributed by atoms with Gasteiger partial charge in [0.05, 0.1) is 23.6 Å². The van der Waals surface area contributed by atoms with Gasteiger partial charge in [0.15, 0.2) is 0 Å². The van der Waals surface area contributed by atoms with E-state index in [-0.39, 0.29) is 30.2 Å². The smallest absolute Gasteiger partial charge is 0.416 e. The molecule has 1 amide bonds. The summed E-state index contributed by atoms with van der Waals surface area (Å²) in [5, 5.41) is 2.28. The number of carbonyl (C=O) groups excluding carboxylic acids is 1. The molecule has 0 saturated heterocycles. The standard InChI is InChI=1S/C14H18F3NO4S/c1-3-7-22-12-5-4-10(14(15,16)17)9-11(12)18-13(19)6-8-23(2,20)21/h4-5,9H,3,6-8H2,1-2H3,(H,18,19). The Morgan fingerprint density at radius 1 is 1.30 bits per heavy atom. The third-order valence-electron chi connectivity index (χ3n) is 2.74. The highest BCUT2D eigenvalue weighted by molar-refractivity contribution is 7.90. The van der Waals surface area contributed by atoms with E-state index in [4.69, 9.17) is 4.74 Å². The fraction of sp³-hybridized carbons (Fsp3) is 0.500. The van der Waals surface area contributed by atoms with Crippen LogP contribution in [0.15, 0.2) is 18.2 Å². The molecule has 0 unspecified atom stereocenters. The van der Waals surface area contributed by atoms with Gasteiger partial charge in [-0.3, -0.25) is 4.79 Å². The van der Waals surface area contributed by atoms with Gasteiger partial charge in [-0.1, -0.05) is 6.92 Å². The molecule has 0 aliphatic heterocycles. The quantitative estimate of drug-likeness (QED) is 0.818. The van der Waals surface area contributed by atoms with Gasteiger partial charge < -0.3 is 10.1 Å². The lowest BCUT2D eigenvalue weighted by molar-refractivity contribution is -0.137. The lowest BCUT2D eigenvalue weighted by Gasteiger charge is -2.15. The van der Waals surface area contributed by atoms with Crippen LogP contribution in [0.25, 0.3) is 0 Å². The summed E-state index contributed by atoms with van der Waals surface area (Å²) in [6.07, 6.45) is -3.29. The molecule has 0 saturated carbocycles. The van der Waals surface area contributed by atoms with E-state index in [0.717, 1.165) is 24.5 Å². The summed E-state index contributed by atoms with van der Waals surface area (Å²) in [5.74, 6) is -0.980. The third-order valence-corrected chi connectivity index (χ3v) is 3.69. The van der Waals surface area contributed by atoms with Crippen LogP contribution in [0, 0.1) is 0 Å². The van der Waals surface area contributed by atoms with Gasteiger partial charge >= 0.3 is 6.18 Å². The molecule has 23 heavy (non-hydrogen) atoms. The number of benzene rings is 1. The highest BCUT2D eigenvalue weighted by Crippen LogP contribution is 2.35. The lowest BCUT2D eigenvalue weighted by atomic mass is 10.1. The molecule has 0 radical (unpaired) electrons. The average Bonchev–Trinajstić information content (AvgIpc) is 2.42. The van der Waals surface area contributed by atoms with E-state index in [0.29, 0.717) is 6.42 Å². The van der Waals surface area contributed by atoms with Gasteiger partial charge in [-0.25, -0.2) is 8.42 Å². The summed E-state index contributed by atoms with van der Waals surface area (Å²) >= 11 is 0. The molecule has 0 atom stereocenters. The van der Waals surface area contributed by atoms with Crippen molar-refractivity contribution in [3.05, 3.63) is 23.8 Å². The molecule has 0 aromatic heterocycles. The SMILES string of the molecule is CCCOc1ccc(C(F)(F)F)cc1NC(=O)CCS(C)(=O)=O. The Hall–Kier alpha value is -1.77. The van der Waals surface area contributed by atoms with Crippen LogP contribution >= 0.6 is 0 Å². The van der Waals surface area contributed by atoms with Crippen molar-refractivity contribution in [2.45, 2.75) is 25.9 Å². The zero-order chi connectivity index (χ0) is 17.7. The molecule has 0 aliphatic carbocycles. The predicted octanol–water partition coefficient (Wildman–Crippen LogP) is 2.87. The number of hydrogen-bond donors (Lipinski definition) is 1. The minimum absolute atomic E-state index is 0.104. The molecule has 0 aliphatic rings. The number of nitrogens with one attached hydrogen (secondary N) is 1. The minimum Gasteiger partial charge on any atom is -0.491 e. The Bertz CT molecular complexity index is 656. The second kappa shape index (κ2) is 7.67. The van der Waals surface area contributed by atoms with Gasteiger partial charge in [0.2, 0.25) is 5.91 Å². The van der Waals surface area contributed by atoms with Crippen LogP contribution in [0.2, 0.25) is 0 Å². The first-order chi connectivity index (χ1) is 10.5. The summed E-state index contributed by atoms with van der Waals surface area (Å²) in [4.78, 5) is 11.7. The summed E-state index contributed by atoms with van der Waals surface area (Å²) in [6, 6.07) is 2.76. The van der Waals surface area contributed by atoms with Crippen molar-refractivity contribution >= 4 is 21.4 Å². The van der Waals surface area contributed by atoms with E-state index >= 15 is 0 Å². The molecule has 9 heteroatoms. The fourth-order valence-electron chi connectivity index (χ4n) is 1.63. The number of halogens is 3. The average molecular weight is 353 g/mol. The Morgan fingerprint density at radius 3 is 2.48 bits per heavy atom. The van der Waals surface area contributed by atoms with Crippen LogP contribution in [0.3, 0.4) is 0 Å². The normalized spacial score (nSPS) is 12.0. The highest BCUT2D eigenvalue weighted by Gasteiger charge is 2.31. The number of rotatable bonds is 7. The molecular formula is C14H18F3NO4S. The molecule has 1 N–H and O–H groups in total. The van der Waals surface area contributed by atoms with E-state index in [9.17, 15) is 26.4 Å². The Labute approximate surface area is 132 Å². The maximum atomic E-state index is 12.8. The molecule has 1 aromatic rings. The van der Waals surface area contributed by atoms with Crippen LogP contribution < -0.4 is 10.1 Å². The number of ether oxygens (including phenoxy) is 1. The second-order valence-corrected chi connectivity index (χ2v) is 7.24. The van der Waals surface area contributed by atoms with E-state index in [1.807, 2.05) is 6.92 Å². The lowest BCUT2D eigenvalue weighted by Crippen LogP contribution is -2.18. The Balaban J connectivity index is 2.97. The molecule has 130 valence electrons. The van der Waals surface area contributed by atoms with Crippen molar-refractivity contribution in [2.24, 2.45) is 0 Å². The van der Waals surface area contributed by atoms with E-state index < -0.39 is 27.5 Å². The van der Waals surface area contributed by atoms with Gasteiger partial charge in [0, 0.05) is 12.7 Å². The number of carbonyl (C=O) groups is 1. The predicted molar refractivity (Wildman–Crippen MR) is 80.2 cm³/mol. The monoisotopic (exact) mass is 353 g/mol. The van der Waals surface area contributed by atoms with Gasteiger partial charge in [-0.2, -0.15) is 13.2 Å². The molecule has 1 aromatic carbocycles. The zero-order valence-electron chi connectivity index (χ0n) is 12.7. The van der Waals surface area contributed by atoms with Crippen molar-refractivity contribution in [3.8, 4) is 5.75 Å². The number of hydrogen-bond acceptors (Lipinski definition) is 4. The van der Waals surface area contributed by atoms with Gasteiger partial charge in [-0.05, 0) is 24.6 Å². The van der Waals surface area contributed by atoms with Crippen molar-refractivity contribution in [3.63, 3.8) is 0 Å². The first-order valence-corrected chi connectivity index (χ1v) is 8.90.